The number of carbonyl (C=O) groups is 1. The number of sulfonamides is 1. The molecule has 0 aliphatic carbocycles. The summed E-state index contributed by atoms with van der Waals surface area (Å²) < 4.78 is 31.0. The number of anilines is 2. The third kappa shape index (κ3) is 2.69. The summed E-state index contributed by atoms with van der Waals surface area (Å²) in [4.78, 5) is 10.5. The molecule has 1 heterocycles. The smallest absolute Gasteiger partial charge is 0.335 e. The van der Waals surface area contributed by atoms with Crippen LogP contribution in [-0.4, -0.2) is 29.7 Å². The summed E-state index contributed by atoms with van der Waals surface area (Å²) >= 11 is 0. The molecule has 1 aromatic carbocycles. The van der Waals surface area contributed by atoms with Crippen molar-refractivity contribution in [3.8, 4) is 0 Å². The molecule has 0 unspecified atom stereocenters. The Morgan fingerprint density at radius 3 is 2.60 bits per heavy atom. The molecule has 0 bridgehead atoms. The van der Waals surface area contributed by atoms with Gasteiger partial charge in [-0.3, -0.25) is 0 Å². The van der Waals surface area contributed by atoms with E-state index in [4.69, 9.17) is 15.3 Å². The molecule has 0 amide bonds. The quantitative estimate of drug-likeness (QED) is 0.689. The number of rotatable bonds is 4. The Morgan fingerprint density at radius 2 is 2.10 bits per heavy atom. The van der Waals surface area contributed by atoms with Crippen molar-refractivity contribution in [3.05, 3.63) is 29.7 Å². The minimum absolute atomic E-state index is 0.116. The van der Waals surface area contributed by atoms with Crippen LogP contribution in [0.4, 0.5) is 11.7 Å². The summed E-state index contributed by atoms with van der Waals surface area (Å²) in [6.45, 7) is 1.50. The van der Waals surface area contributed by atoms with Gasteiger partial charge in [0, 0.05) is 6.92 Å². The molecule has 4 N–H and O–H groups in total. The molecule has 0 saturated carbocycles. The summed E-state index contributed by atoms with van der Waals surface area (Å²) in [5.41, 5.74) is 5.24. The van der Waals surface area contributed by atoms with E-state index in [9.17, 15) is 13.2 Å². The van der Waals surface area contributed by atoms with E-state index in [2.05, 4.69) is 10.2 Å². The van der Waals surface area contributed by atoms with Crippen LogP contribution in [0.5, 0.6) is 0 Å². The van der Waals surface area contributed by atoms with E-state index in [0.29, 0.717) is 0 Å². The van der Waals surface area contributed by atoms with Crippen LogP contribution in [0.3, 0.4) is 0 Å². The molecule has 0 spiro atoms. The molecule has 1 aromatic heterocycles. The van der Waals surface area contributed by atoms with Gasteiger partial charge in [0.25, 0.3) is 10.0 Å². The molecular formula is C10H10N4O5S. The van der Waals surface area contributed by atoms with E-state index < -0.39 is 16.0 Å². The van der Waals surface area contributed by atoms with Crippen molar-refractivity contribution >= 4 is 27.7 Å². The fourth-order valence-corrected chi connectivity index (χ4v) is 2.47. The number of nitrogens with zero attached hydrogens (tertiary/aromatic N) is 2. The molecule has 0 saturated heterocycles. The van der Waals surface area contributed by atoms with E-state index >= 15 is 0 Å². The van der Waals surface area contributed by atoms with E-state index in [1.165, 1.54) is 6.92 Å². The van der Waals surface area contributed by atoms with Crippen molar-refractivity contribution in [2.45, 2.75) is 11.8 Å². The van der Waals surface area contributed by atoms with Crippen LogP contribution in [0.25, 0.3) is 0 Å². The number of carboxylic acid groups (broad SMARTS) is 1. The first-order chi connectivity index (χ1) is 9.29. The predicted octanol–water partition coefficient (Wildman–Crippen LogP) is 0.459. The molecule has 0 aliphatic heterocycles. The molecule has 20 heavy (non-hydrogen) atoms. The zero-order valence-electron chi connectivity index (χ0n) is 10.2. The Labute approximate surface area is 113 Å². The molecule has 0 fully saturated rings. The van der Waals surface area contributed by atoms with Gasteiger partial charge < -0.3 is 15.3 Å². The first-order valence-electron chi connectivity index (χ1n) is 5.25. The Balaban J connectivity index is 2.37. The molecular weight excluding hydrogens is 288 g/mol. The van der Waals surface area contributed by atoms with Gasteiger partial charge in [0.1, 0.15) is 4.90 Å². The van der Waals surface area contributed by atoms with Gasteiger partial charge in [-0.1, -0.05) is 5.10 Å². The van der Waals surface area contributed by atoms with Crippen LogP contribution in [-0.2, 0) is 10.0 Å². The molecule has 10 heteroatoms. The summed E-state index contributed by atoms with van der Waals surface area (Å²) in [5, 5.41) is 15.7. The lowest BCUT2D eigenvalue weighted by atomic mass is 10.2. The van der Waals surface area contributed by atoms with Crippen LogP contribution in [0.2, 0.25) is 0 Å². The van der Waals surface area contributed by atoms with E-state index in [1.807, 2.05) is 4.72 Å². The van der Waals surface area contributed by atoms with Gasteiger partial charge in [0.2, 0.25) is 5.89 Å². The Hall–Kier alpha value is -2.62. The number of aromatic nitrogens is 2. The van der Waals surface area contributed by atoms with Gasteiger partial charge in [-0.25, -0.2) is 17.9 Å². The Kier molecular flexibility index (Phi) is 3.32. The molecule has 2 rings (SSSR count). The highest BCUT2D eigenvalue weighted by atomic mass is 32.2. The van der Waals surface area contributed by atoms with Gasteiger partial charge in [-0.2, -0.15) is 0 Å². The van der Waals surface area contributed by atoms with Crippen molar-refractivity contribution in [2.24, 2.45) is 0 Å². The standard InChI is InChI=1S/C10H10N4O5S/c1-5-12-13-10(19-5)14-20(17,18)8-3-2-6(9(15)16)4-7(8)11/h2-4H,11H2,1H3,(H,13,14)(H,15,16). The van der Waals surface area contributed by atoms with Gasteiger partial charge in [0.05, 0.1) is 11.3 Å². The van der Waals surface area contributed by atoms with Gasteiger partial charge in [-0.05, 0) is 18.2 Å². The van der Waals surface area contributed by atoms with Crippen molar-refractivity contribution < 1.29 is 22.7 Å². The summed E-state index contributed by atoms with van der Waals surface area (Å²) in [7, 11) is -4.04. The fourth-order valence-electron chi connectivity index (χ4n) is 1.43. The monoisotopic (exact) mass is 298 g/mol. The van der Waals surface area contributed by atoms with Crippen molar-refractivity contribution in [1.29, 1.82) is 0 Å². The van der Waals surface area contributed by atoms with Crippen LogP contribution < -0.4 is 10.5 Å². The molecule has 0 aliphatic rings. The Bertz CT molecular complexity index is 768. The molecule has 9 nitrogen and oxygen atoms in total. The number of nitrogens with one attached hydrogen (secondary N) is 1. The van der Waals surface area contributed by atoms with Gasteiger partial charge in [-0.15, -0.1) is 5.10 Å². The first-order valence-corrected chi connectivity index (χ1v) is 6.73. The van der Waals surface area contributed by atoms with Crippen molar-refractivity contribution in [2.75, 3.05) is 10.5 Å². The highest BCUT2D eigenvalue weighted by Crippen LogP contribution is 2.22. The largest absolute Gasteiger partial charge is 0.478 e. The number of benzene rings is 1. The highest BCUT2D eigenvalue weighted by Gasteiger charge is 2.21. The molecule has 2 aromatic rings. The third-order valence-corrected chi connectivity index (χ3v) is 3.69. The lowest BCUT2D eigenvalue weighted by Gasteiger charge is -2.07. The second-order valence-corrected chi connectivity index (χ2v) is 5.44. The number of nitrogens with two attached hydrogens (primary N) is 1. The summed E-state index contributed by atoms with van der Waals surface area (Å²) in [6.07, 6.45) is 0. The lowest BCUT2D eigenvalue weighted by Crippen LogP contribution is -2.15. The Morgan fingerprint density at radius 1 is 1.40 bits per heavy atom. The number of hydrogen-bond acceptors (Lipinski definition) is 7. The minimum Gasteiger partial charge on any atom is -0.478 e. The number of nitrogen functional groups attached to an aromatic ring is 1. The van der Waals surface area contributed by atoms with Gasteiger partial charge in [0.15, 0.2) is 0 Å². The third-order valence-electron chi connectivity index (χ3n) is 2.29. The van der Waals surface area contributed by atoms with E-state index in [1.54, 1.807) is 0 Å². The highest BCUT2D eigenvalue weighted by molar-refractivity contribution is 7.92. The number of hydrogen-bond donors (Lipinski definition) is 3. The van der Waals surface area contributed by atoms with Crippen LogP contribution in [0.1, 0.15) is 16.2 Å². The van der Waals surface area contributed by atoms with Crippen molar-refractivity contribution in [1.82, 2.24) is 10.2 Å². The van der Waals surface area contributed by atoms with E-state index in [-0.39, 0.29) is 28.1 Å². The zero-order valence-corrected chi connectivity index (χ0v) is 11.0. The average molecular weight is 298 g/mol. The van der Waals surface area contributed by atoms with Crippen LogP contribution in [0, 0.1) is 6.92 Å². The second-order valence-electron chi connectivity index (χ2n) is 3.79. The van der Waals surface area contributed by atoms with Crippen molar-refractivity contribution in [3.63, 3.8) is 0 Å². The predicted molar refractivity (Wildman–Crippen MR) is 67.7 cm³/mol. The zero-order chi connectivity index (χ0) is 14.9. The lowest BCUT2D eigenvalue weighted by molar-refractivity contribution is 0.0697. The second kappa shape index (κ2) is 4.81. The average Bonchev–Trinajstić information content (AvgIpc) is 2.73. The number of aryl methyl sites for hydroxylation is 1. The minimum atomic E-state index is -4.04. The number of carboxylic acids is 1. The normalized spacial score (nSPS) is 11.2. The maximum Gasteiger partial charge on any atom is 0.335 e. The molecule has 0 atom stereocenters. The number of aromatic carboxylic acids is 1. The molecule has 106 valence electrons. The molecule has 0 radical (unpaired) electrons. The first kappa shape index (κ1) is 13.8. The fraction of sp³-hybridized carbons (Fsp3) is 0.100. The maximum absolute atomic E-state index is 12.0. The van der Waals surface area contributed by atoms with E-state index in [0.717, 1.165) is 18.2 Å². The summed E-state index contributed by atoms with van der Waals surface area (Å²) in [6, 6.07) is 2.97. The van der Waals surface area contributed by atoms with Gasteiger partial charge >= 0.3 is 12.0 Å². The topological polar surface area (TPSA) is 148 Å². The SMILES string of the molecule is Cc1nnc(NS(=O)(=O)c2ccc(C(=O)O)cc2N)o1. The summed E-state index contributed by atoms with van der Waals surface area (Å²) in [5.74, 6) is -1.02. The van der Waals surface area contributed by atoms with Crippen LogP contribution in [0.15, 0.2) is 27.5 Å². The maximum atomic E-state index is 12.0. The van der Waals surface area contributed by atoms with Crippen LogP contribution >= 0.6 is 0 Å².